The summed E-state index contributed by atoms with van der Waals surface area (Å²) in [6.45, 7) is 10.8. The molecule has 0 aliphatic carbocycles. The number of benzene rings is 1. The Kier molecular flexibility index (Phi) is 3.26. The predicted octanol–water partition coefficient (Wildman–Crippen LogP) is 3.11. The fourth-order valence-electron chi connectivity index (χ4n) is 1.34. The van der Waals surface area contributed by atoms with Crippen molar-refractivity contribution >= 4 is 13.8 Å². The Morgan fingerprint density at radius 1 is 1.13 bits per heavy atom. The van der Waals surface area contributed by atoms with Crippen molar-refractivity contribution in [1.82, 2.24) is 0 Å². The van der Waals surface area contributed by atoms with E-state index < -0.39 is 8.07 Å². The highest BCUT2D eigenvalue weighted by molar-refractivity contribution is 6.83. The van der Waals surface area contributed by atoms with E-state index in [1.54, 1.807) is 0 Å². The summed E-state index contributed by atoms with van der Waals surface area (Å²) >= 11 is 0. The van der Waals surface area contributed by atoms with Crippen LogP contribution < -0.4 is 5.73 Å². The molecule has 0 radical (unpaired) electrons. The van der Waals surface area contributed by atoms with Crippen molar-refractivity contribution in [1.29, 1.82) is 0 Å². The van der Waals surface area contributed by atoms with Crippen LogP contribution in [0, 0.1) is 25.3 Å². The van der Waals surface area contributed by atoms with E-state index in [0.29, 0.717) is 0 Å². The second-order valence-corrected chi connectivity index (χ2v) is 9.79. The summed E-state index contributed by atoms with van der Waals surface area (Å²) in [6.07, 6.45) is 0. The van der Waals surface area contributed by atoms with Crippen molar-refractivity contribution in [2.45, 2.75) is 33.5 Å². The topological polar surface area (TPSA) is 26.0 Å². The standard InChI is InChI=1S/C13H19NSi/c1-10-8-11(2)13(14)12(9-10)6-7-15(3,4)5/h8-9H,14H2,1-5H3. The maximum absolute atomic E-state index is 5.99. The van der Waals surface area contributed by atoms with Crippen molar-refractivity contribution in [3.8, 4) is 11.5 Å². The lowest BCUT2D eigenvalue weighted by Gasteiger charge is -2.07. The lowest BCUT2D eigenvalue weighted by atomic mass is 10.1. The molecule has 1 aromatic rings. The van der Waals surface area contributed by atoms with Gasteiger partial charge in [-0.3, -0.25) is 0 Å². The van der Waals surface area contributed by atoms with Gasteiger partial charge in [0.2, 0.25) is 0 Å². The Hall–Kier alpha value is -1.20. The van der Waals surface area contributed by atoms with Crippen molar-refractivity contribution in [2.24, 2.45) is 0 Å². The molecular weight excluding hydrogens is 198 g/mol. The Morgan fingerprint density at radius 3 is 2.27 bits per heavy atom. The summed E-state index contributed by atoms with van der Waals surface area (Å²) in [5.74, 6) is 3.22. The SMILES string of the molecule is Cc1cc(C)c(N)c(C#C[Si](C)(C)C)c1. The Bertz CT molecular complexity index is 430. The van der Waals surface area contributed by atoms with Gasteiger partial charge < -0.3 is 5.73 Å². The number of hydrogen-bond acceptors (Lipinski definition) is 1. The molecular formula is C13H19NSi. The summed E-state index contributed by atoms with van der Waals surface area (Å²) in [5, 5.41) is 0. The van der Waals surface area contributed by atoms with E-state index in [9.17, 15) is 0 Å². The predicted molar refractivity (Wildman–Crippen MR) is 70.6 cm³/mol. The quantitative estimate of drug-likeness (QED) is 0.403. The molecule has 0 atom stereocenters. The summed E-state index contributed by atoms with van der Waals surface area (Å²) in [4.78, 5) is 0. The Labute approximate surface area is 93.7 Å². The third kappa shape index (κ3) is 3.45. The largest absolute Gasteiger partial charge is 0.398 e. The van der Waals surface area contributed by atoms with Gasteiger partial charge in [0, 0.05) is 5.56 Å². The molecule has 0 bridgehead atoms. The van der Waals surface area contributed by atoms with E-state index in [2.05, 4.69) is 50.2 Å². The van der Waals surface area contributed by atoms with Gasteiger partial charge in [0.15, 0.2) is 0 Å². The number of hydrogen-bond donors (Lipinski definition) is 1. The zero-order chi connectivity index (χ0) is 11.6. The van der Waals surface area contributed by atoms with E-state index in [1.807, 2.05) is 6.92 Å². The number of nitrogen functional groups attached to an aromatic ring is 1. The first kappa shape index (κ1) is 11.9. The summed E-state index contributed by atoms with van der Waals surface area (Å²) in [6, 6.07) is 4.16. The highest BCUT2D eigenvalue weighted by Gasteiger charge is 2.08. The molecule has 0 unspecified atom stereocenters. The van der Waals surface area contributed by atoms with Crippen LogP contribution >= 0.6 is 0 Å². The molecule has 15 heavy (non-hydrogen) atoms. The van der Waals surface area contributed by atoms with Gasteiger partial charge in [-0.2, -0.15) is 0 Å². The fourth-order valence-corrected chi connectivity index (χ4v) is 1.85. The maximum Gasteiger partial charge on any atom is 0.129 e. The van der Waals surface area contributed by atoms with Gasteiger partial charge >= 0.3 is 0 Å². The van der Waals surface area contributed by atoms with Crippen molar-refractivity contribution in [2.75, 3.05) is 5.73 Å². The van der Waals surface area contributed by atoms with Crippen LogP contribution in [-0.4, -0.2) is 8.07 Å². The monoisotopic (exact) mass is 217 g/mol. The minimum absolute atomic E-state index is 0.825. The van der Waals surface area contributed by atoms with Crippen molar-refractivity contribution in [3.05, 3.63) is 28.8 Å². The first-order valence-electron chi connectivity index (χ1n) is 5.19. The molecule has 2 N–H and O–H groups in total. The molecule has 1 rings (SSSR count). The van der Waals surface area contributed by atoms with Crippen molar-refractivity contribution in [3.63, 3.8) is 0 Å². The molecule has 2 heteroatoms. The molecule has 0 aromatic heterocycles. The van der Waals surface area contributed by atoms with Gasteiger partial charge in [-0.15, -0.1) is 5.54 Å². The summed E-state index contributed by atoms with van der Waals surface area (Å²) in [5.41, 5.74) is 13.5. The van der Waals surface area contributed by atoms with E-state index in [-0.39, 0.29) is 0 Å². The molecule has 0 amide bonds. The zero-order valence-corrected chi connectivity index (χ0v) is 11.2. The van der Waals surface area contributed by atoms with E-state index in [4.69, 9.17) is 5.73 Å². The second kappa shape index (κ2) is 4.12. The minimum atomic E-state index is -1.31. The smallest absolute Gasteiger partial charge is 0.129 e. The molecule has 0 saturated carbocycles. The molecule has 0 saturated heterocycles. The first-order valence-corrected chi connectivity index (χ1v) is 8.69. The van der Waals surface area contributed by atoms with Crippen LogP contribution in [0.1, 0.15) is 16.7 Å². The van der Waals surface area contributed by atoms with Crippen molar-refractivity contribution < 1.29 is 0 Å². The highest BCUT2D eigenvalue weighted by atomic mass is 28.3. The van der Waals surface area contributed by atoms with Crippen LogP contribution in [0.3, 0.4) is 0 Å². The molecule has 0 heterocycles. The van der Waals surface area contributed by atoms with Crippen LogP contribution in [0.2, 0.25) is 19.6 Å². The van der Waals surface area contributed by atoms with Gasteiger partial charge in [-0.25, -0.2) is 0 Å². The fraction of sp³-hybridized carbons (Fsp3) is 0.385. The van der Waals surface area contributed by atoms with Gasteiger partial charge in [0.25, 0.3) is 0 Å². The van der Waals surface area contributed by atoms with E-state index >= 15 is 0 Å². The van der Waals surface area contributed by atoms with Gasteiger partial charge in [-0.05, 0) is 31.0 Å². The van der Waals surface area contributed by atoms with Gasteiger partial charge in [-0.1, -0.05) is 31.6 Å². The van der Waals surface area contributed by atoms with Crippen LogP contribution in [0.5, 0.6) is 0 Å². The molecule has 0 aliphatic heterocycles. The Morgan fingerprint density at radius 2 is 1.73 bits per heavy atom. The van der Waals surface area contributed by atoms with E-state index in [1.165, 1.54) is 5.56 Å². The average molecular weight is 217 g/mol. The second-order valence-electron chi connectivity index (χ2n) is 5.04. The molecule has 0 fully saturated rings. The number of nitrogens with two attached hydrogens (primary N) is 1. The number of rotatable bonds is 0. The molecule has 0 spiro atoms. The summed E-state index contributed by atoms with van der Waals surface area (Å²) in [7, 11) is -1.31. The molecule has 1 aromatic carbocycles. The van der Waals surface area contributed by atoms with Gasteiger partial charge in [0.1, 0.15) is 8.07 Å². The lowest BCUT2D eigenvalue weighted by Crippen LogP contribution is -2.16. The average Bonchev–Trinajstić information content (AvgIpc) is 2.07. The van der Waals surface area contributed by atoms with Crippen LogP contribution in [0.25, 0.3) is 0 Å². The van der Waals surface area contributed by atoms with Crippen LogP contribution in [0.4, 0.5) is 5.69 Å². The highest BCUT2D eigenvalue weighted by Crippen LogP contribution is 2.18. The van der Waals surface area contributed by atoms with Crippen LogP contribution in [0.15, 0.2) is 12.1 Å². The third-order valence-electron chi connectivity index (χ3n) is 2.10. The van der Waals surface area contributed by atoms with Crippen LogP contribution in [-0.2, 0) is 0 Å². The minimum Gasteiger partial charge on any atom is -0.398 e. The molecule has 1 nitrogen and oxygen atoms in total. The third-order valence-corrected chi connectivity index (χ3v) is 2.98. The normalized spacial score (nSPS) is 10.7. The molecule has 80 valence electrons. The molecule has 0 aliphatic rings. The van der Waals surface area contributed by atoms with E-state index in [0.717, 1.165) is 16.8 Å². The zero-order valence-electron chi connectivity index (χ0n) is 10.2. The Balaban J connectivity index is 3.20. The number of anilines is 1. The van der Waals surface area contributed by atoms with Gasteiger partial charge in [0.05, 0.1) is 5.69 Å². The number of aryl methyl sites for hydroxylation is 2. The first-order chi connectivity index (χ1) is 6.79. The maximum atomic E-state index is 5.99. The lowest BCUT2D eigenvalue weighted by molar-refractivity contribution is 1.37. The summed E-state index contributed by atoms with van der Waals surface area (Å²) < 4.78 is 0.